The first-order valence-electron chi connectivity index (χ1n) is 8.67. The largest absolute Gasteiger partial charge is 0.222 e. The number of fused-ring (bicyclic) bond motifs is 2. The summed E-state index contributed by atoms with van der Waals surface area (Å²) in [5.41, 5.74) is 5.09. The van der Waals surface area contributed by atoms with Crippen LogP contribution in [0.3, 0.4) is 0 Å². The molecule has 1 aromatic heterocycles. The van der Waals surface area contributed by atoms with Crippen LogP contribution >= 0.6 is 0 Å². The molecule has 0 unspecified atom stereocenters. The Morgan fingerprint density at radius 2 is 1.14 bits per heavy atom. The molecule has 28 heavy (non-hydrogen) atoms. The van der Waals surface area contributed by atoms with E-state index in [1.807, 2.05) is 0 Å². The van der Waals surface area contributed by atoms with Crippen LogP contribution in [0.15, 0.2) is 66.7 Å². The molecule has 0 atom stereocenters. The minimum absolute atomic E-state index is 1.25. The van der Waals surface area contributed by atoms with Crippen molar-refractivity contribution in [2.45, 2.75) is 20.8 Å². The molecule has 6 heteroatoms. The number of nitrogens with zero attached hydrogens (tertiary/aromatic N) is 1. The average Bonchev–Trinajstić information content (AvgIpc) is 2.58. The molecule has 0 fully saturated rings. The lowest BCUT2D eigenvalue weighted by Gasteiger charge is -2.17. The molecule has 0 aliphatic rings. The summed E-state index contributed by atoms with van der Waals surface area (Å²) in [6, 6.07) is 24.2. The van der Waals surface area contributed by atoms with E-state index in [1.54, 1.807) is 0 Å². The van der Waals surface area contributed by atoms with Crippen LogP contribution < -0.4 is 23.2 Å². The van der Waals surface area contributed by atoms with Crippen molar-refractivity contribution in [1.82, 2.24) is 0 Å². The highest BCUT2D eigenvalue weighted by atomic mass is 35.7. The van der Waals surface area contributed by atoms with E-state index in [2.05, 4.69) is 92.1 Å². The van der Waals surface area contributed by atoms with E-state index in [9.17, 15) is 0 Å². The molecule has 5 nitrogen and oxygen atoms in total. The summed E-state index contributed by atoms with van der Waals surface area (Å²) in [6.45, 7) is 6.51. The molecule has 0 radical (unpaired) electrons. The van der Waals surface area contributed by atoms with Crippen LogP contribution in [0.5, 0.6) is 0 Å². The molecule has 0 aliphatic carbocycles. The van der Waals surface area contributed by atoms with Gasteiger partial charge in [-0.25, -0.2) is 18.6 Å². The molecule has 0 spiro atoms. The van der Waals surface area contributed by atoms with Crippen molar-refractivity contribution in [2.24, 2.45) is 0 Å². The second kappa shape index (κ2) is 7.83. The van der Waals surface area contributed by atoms with Gasteiger partial charge in [0, 0.05) is 32.0 Å². The Morgan fingerprint density at radius 3 is 1.71 bits per heavy atom. The van der Waals surface area contributed by atoms with Crippen molar-refractivity contribution in [3.05, 3.63) is 83.7 Å². The number of hydrogen-bond donors (Lipinski definition) is 0. The van der Waals surface area contributed by atoms with E-state index < -0.39 is 10.2 Å². The number of aryl methyl sites for hydroxylation is 3. The maximum Gasteiger partial charge on any atom is 0.218 e. The van der Waals surface area contributed by atoms with E-state index in [4.69, 9.17) is 18.6 Å². The van der Waals surface area contributed by atoms with Crippen LogP contribution in [-0.4, -0.2) is 0 Å². The minimum atomic E-state index is -4.94. The van der Waals surface area contributed by atoms with Gasteiger partial charge in [0.2, 0.25) is 5.69 Å². The third-order valence-electron chi connectivity index (χ3n) is 4.54. The van der Waals surface area contributed by atoms with E-state index in [0.717, 1.165) is 0 Å². The molecule has 144 valence electrons. The number of aromatic nitrogens is 1. The summed E-state index contributed by atoms with van der Waals surface area (Å²) < 4.78 is 36.3. The van der Waals surface area contributed by atoms with Crippen molar-refractivity contribution >= 4 is 21.5 Å². The van der Waals surface area contributed by atoms with Gasteiger partial charge < -0.3 is 0 Å². The monoisotopic (exact) mass is 397 g/mol. The summed E-state index contributed by atoms with van der Waals surface area (Å²) in [5.74, 6) is 0. The second-order valence-corrected chi connectivity index (χ2v) is 7.48. The van der Waals surface area contributed by atoms with Crippen LogP contribution in [0.2, 0.25) is 0 Å². The summed E-state index contributed by atoms with van der Waals surface area (Å²) in [7, 11) is -4.94. The van der Waals surface area contributed by atoms with Crippen LogP contribution in [0.25, 0.3) is 27.2 Å². The summed E-state index contributed by atoms with van der Waals surface area (Å²) in [5, 5.41) is 5.16. The van der Waals surface area contributed by atoms with Crippen molar-refractivity contribution in [2.75, 3.05) is 0 Å². The first-order chi connectivity index (χ1) is 13.1. The normalized spacial score (nSPS) is 11.4. The van der Waals surface area contributed by atoms with E-state index in [0.29, 0.717) is 0 Å². The second-order valence-electron chi connectivity index (χ2n) is 6.73. The lowest BCUT2D eigenvalue weighted by atomic mass is 10.0. The lowest BCUT2D eigenvalue weighted by molar-refractivity contribution is -2.00. The van der Waals surface area contributed by atoms with Crippen molar-refractivity contribution < 1.29 is 33.4 Å². The van der Waals surface area contributed by atoms with Gasteiger partial charge in [0.25, 0.3) is 0 Å². The number of pyridine rings is 1. The van der Waals surface area contributed by atoms with Gasteiger partial charge in [-0.05, 0) is 40.8 Å². The fourth-order valence-corrected chi connectivity index (χ4v) is 3.63. The molecule has 0 saturated heterocycles. The molecular weight excluding hydrogens is 378 g/mol. The Bertz CT molecular complexity index is 1120. The van der Waals surface area contributed by atoms with Gasteiger partial charge >= 0.3 is 0 Å². The van der Waals surface area contributed by atoms with Gasteiger partial charge in [-0.1, -0.05) is 36.4 Å². The minimum Gasteiger partial charge on any atom is -0.222 e. The Balaban J connectivity index is 0.000000403. The Hall–Kier alpha value is -2.54. The third-order valence-corrected chi connectivity index (χ3v) is 4.54. The Morgan fingerprint density at radius 1 is 0.643 bits per heavy atom. The molecular formula is C22H20ClNO4. The molecule has 0 N–H and O–H groups in total. The van der Waals surface area contributed by atoms with Gasteiger partial charge in [0.15, 0.2) is 11.4 Å². The Kier molecular flexibility index (Phi) is 5.65. The number of rotatable bonds is 1. The molecule has 0 amide bonds. The zero-order chi connectivity index (χ0) is 20.5. The highest BCUT2D eigenvalue weighted by molar-refractivity contribution is 6.00. The van der Waals surface area contributed by atoms with Crippen LogP contribution in [0.4, 0.5) is 0 Å². The van der Waals surface area contributed by atoms with Crippen LogP contribution in [0, 0.1) is 31.0 Å². The topological polar surface area (TPSA) is 96.1 Å². The highest BCUT2D eigenvalue weighted by Gasteiger charge is 2.18. The van der Waals surface area contributed by atoms with E-state index in [1.165, 1.54) is 44.2 Å². The SMILES string of the molecule is Cc1cc(C)[n+](-c2cccc3cc4ccccc4cc23)c(C)c1.[O-][Cl+3]([O-])([O-])[O-]. The third kappa shape index (κ3) is 4.65. The number of hydrogen-bond acceptors (Lipinski definition) is 4. The molecule has 4 aromatic rings. The van der Waals surface area contributed by atoms with Gasteiger partial charge in [-0.2, -0.15) is 4.57 Å². The number of halogens is 1. The zero-order valence-electron chi connectivity index (χ0n) is 15.8. The van der Waals surface area contributed by atoms with Crippen molar-refractivity contribution in [3.63, 3.8) is 0 Å². The van der Waals surface area contributed by atoms with Gasteiger partial charge in [-0.3, -0.25) is 0 Å². The maximum absolute atomic E-state index is 8.49. The smallest absolute Gasteiger partial charge is 0.218 e. The highest BCUT2D eigenvalue weighted by Crippen LogP contribution is 2.26. The van der Waals surface area contributed by atoms with Gasteiger partial charge in [0.05, 0.1) is 5.39 Å². The standard InChI is InChI=1S/C22H20N.ClHO4/c1-15-11-16(2)23(17(3)12-15)22-10-6-9-20-13-18-7-4-5-8-19(18)14-21(20)22;2-1(3,4)5/h4-14H,1-3H3;(H,2,3,4,5)/q+1;/p-1. The predicted octanol–water partition coefficient (Wildman–Crippen LogP) is 0.439. The molecule has 0 aliphatic heterocycles. The predicted molar refractivity (Wildman–Crippen MR) is 97.2 cm³/mol. The van der Waals surface area contributed by atoms with E-state index >= 15 is 0 Å². The first kappa shape index (κ1) is 20.2. The molecule has 3 aromatic carbocycles. The van der Waals surface area contributed by atoms with E-state index in [-0.39, 0.29) is 0 Å². The molecule has 1 heterocycles. The van der Waals surface area contributed by atoms with Crippen molar-refractivity contribution in [3.8, 4) is 5.69 Å². The summed E-state index contributed by atoms with van der Waals surface area (Å²) >= 11 is 0. The van der Waals surface area contributed by atoms with Crippen LogP contribution in [0.1, 0.15) is 17.0 Å². The summed E-state index contributed by atoms with van der Waals surface area (Å²) in [6.07, 6.45) is 0. The Labute approximate surface area is 165 Å². The first-order valence-corrected chi connectivity index (χ1v) is 9.90. The van der Waals surface area contributed by atoms with Gasteiger partial charge in [-0.15, -0.1) is 10.2 Å². The van der Waals surface area contributed by atoms with Gasteiger partial charge in [0.1, 0.15) is 0 Å². The molecule has 4 rings (SSSR count). The van der Waals surface area contributed by atoms with Crippen molar-refractivity contribution in [1.29, 1.82) is 0 Å². The zero-order valence-corrected chi connectivity index (χ0v) is 16.6. The average molecular weight is 398 g/mol. The fourth-order valence-electron chi connectivity index (χ4n) is 3.63. The molecule has 0 saturated carbocycles. The quantitative estimate of drug-likeness (QED) is 0.344. The number of benzene rings is 3. The molecule has 0 bridgehead atoms. The maximum atomic E-state index is 8.49. The summed E-state index contributed by atoms with van der Waals surface area (Å²) in [4.78, 5) is 0. The lowest BCUT2D eigenvalue weighted by Crippen LogP contribution is -2.68. The van der Waals surface area contributed by atoms with Crippen LogP contribution in [-0.2, 0) is 0 Å². The fraction of sp³-hybridized carbons (Fsp3) is 0.136.